The molecule has 0 saturated heterocycles. The van der Waals surface area contributed by atoms with Crippen molar-refractivity contribution in [3.05, 3.63) is 70.5 Å². The van der Waals surface area contributed by atoms with Gasteiger partial charge in [0.1, 0.15) is 5.82 Å². The van der Waals surface area contributed by atoms with Crippen LogP contribution >= 0.6 is 0 Å². The van der Waals surface area contributed by atoms with Crippen LogP contribution in [0.4, 0.5) is 30.7 Å². The van der Waals surface area contributed by atoms with Crippen LogP contribution in [0.15, 0.2) is 47.6 Å². The van der Waals surface area contributed by atoms with Crippen molar-refractivity contribution >= 4 is 12.1 Å². The van der Waals surface area contributed by atoms with E-state index in [4.69, 9.17) is 0 Å². The standard InChI is InChI=1S/C16H9F7N2O/c17-13-10(2-1-3-12(13)16(21,22)23)8-24-25-14(26)9-4-6-11(7-5-9)15(18,19)20/h1-8H,(H,25,26). The third kappa shape index (κ3) is 4.58. The number of hydrogen-bond donors (Lipinski definition) is 1. The quantitative estimate of drug-likeness (QED) is 0.472. The molecule has 3 nitrogen and oxygen atoms in total. The van der Waals surface area contributed by atoms with E-state index < -0.39 is 40.8 Å². The summed E-state index contributed by atoms with van der Waals surface area (Å²) in [5, 5.41) is 3.32. The minimum absolute atomic E-state index is 0.167. The summed E-state index contributed by atoms with van der Waals surface area (Å²) in [6, 6.07) is 5.70. The maximum absolute atomic E-state index is 13.7. The molecule has 138 valence electrons. The molecule has 0 bridgehead atoms. The molecule has 1 N–H and O–H groups in total. The summed E-state index contributed by atoms with van der Waals surface area (Å²) in [5.41, 5.74) is -1.24. The zero-order valence-electron chi connectivity index (χ0n) is 12.6. The Morgan fingerprint density at radius 2 is 1.54 bits per heavy atom. The van der Waals surface area contributed by atoms with E-state index in [1.54, 1.807) is 0 Å². The van der Waals surface area contributed by atoms with Crippen LogP contribution in [0.1, 0.15) is 27.0 Å². The molecule has 2 aromatic rings. The van der Waals surface area contributed by atoms with Gasteiger partial charge in [-0.05, 0) is 30.3 Å². The number of nitrogens with zero attached hydrogens (tertiary/aromatic N) is 1. The van der Waals surface area contributed by atoms with E-state index in [2.05, 4.69) is 5.10 Å². The van der Waals surface area contributed by atoms with Crippen molar-refractivity contribution in [2.75, 3.05) is 0 Å². The fourth-order valence-electron chi connectivity index (χ4n) is 1.90. The third-order valence-electron chi connectivity index (χ3n) is 3.18. The van der Waals surface area contributed by atoms with Crippen LogP contribution < -0.4 is 5.43 Å². The molecule has 0 unspecified atom stereocenters. The van der Waals surface area contributed by atoms with Gasteiger partial charge in [0.15, 0.2) is 0 Å². The highest BCUT2D eigenvalue weighted by Crippen LogP contribution is 2.32. The second kappa shape index (κ2) is 7.14. The van der Waals surface area contributed by atoms with Gasteiger partial charge in [-0.15, -0.1) is 0 Å². The van der Waals surface area contributed by atoms with Gasteiger partial charge >= 0.3 is 12.4 Å². The monoisotopic (exact) mass is 378 g/mol. The maximum Gasteiger partial charge on any atom is 0.419 e. The highest BCUT2D eigenvalue weighted by Gasteiger charge is 2.34. The molecular formula is C16H9F7N2O. The van der Waals surface area contributed by atoms with Crippen LogP contribution in [0, 0.1) is 5.82 Å². The molecule has 1 amide bonds. The van der Waals surface area contributed by atoms with Gasteiger partial charge in [-0.2, -0.15) is 31.4 Å². The first-order valence-corrected chi connectivity index (χ1v) is 6.86. The number of carbonyl (C=O) groups is 1. The van der Waals surface area contributed by atoms with Crippen molar-refractivity contribution in [2.45, 2.75) is 12.4 Å². The zero-order chi connectivity index (χ0) is 19.5. The molecule has 0 heterocycles. The van der Waals surface area contributed by atoms with E-state index in [0.29, 0.717) is 24.4 Å². The highest BCUT2D eigenvalue weighted by molar-refractivity contribution is 5.94. The van der Waals surface area contributed by atoms with Crippen molar-refractivity contribution in [3.8, 4) is 0 Å². The van der Waals surface area contributed by atoms with Gasteiger partial charge in [-0.25, -0.2) is 9.82 Å². The Kier molecular flexibility index (Phi) is 5.33. The van der Waals surface area contributed by atoms with E-state index in [0.717, 1.165) is 24.3 Å². The molecule has 0 fully saturated rings. The van der Waals surface area contributed by atoms with Crippen molar-refractivity contribution < 1.29 is 35.5 Å². The molecule has 0 aliphatic rings. The number of hydrogen-bond acceptors (Lipinski definition) is 2. The molecule has 10 heteroatoms. The SMILES string of the molecule is O=C(NN=Cc1cccc(C(F)(F)F)c1F)c1ccc(C(F)(F)F)cc1. The number of halogens is 7. The van der Waals surface area contributed by atoms with Crippen molar-refractivity contribution in [1.29, 1.82) is 0 Å². The Bertz CT molecular complexity index is 824. The summed E-state index contributed by atoms with van der Waals surface area (Å²) in [6.45, 7) is 0. The summed E-state index contributed by atoms with van der Waals surface area (Å²) in [7, 11) is 0. The number of amides is 1. The lowest BCUT2D eigenvalue weighted by Gasteiger charge is -2.09. The number of alkyl halides is 6. The lowest BCUT2D eigenvalue weighted by molar-refractivity contribution is -0.140. The van der Waals surface area contributed by atoms with Gasteiger partial charge in [0.25, 0.3) is 5.91 Å². The first kappa shape index (κ1) is 19.4. The van der Waals surface area contributed by atoms with Crippen LogP contribution in [0.25, 0.3) is 0 Å². The summed E-state index contributed by atoms with van der Waals surface area (Å²) >= 11 is 0. The van der Waals surface area contributed by atoms with Crippen molar-refractivity contribution in [2.24, 2.45) is 5.10 Å². The van der Waals surface area contributed by atoms with Crippen LogP contribution in [-0.2, 0) is 12.4 Å². The molecule has 0 aliphatic carbocycles. The molecule has 2 rings (SSSR count). The van der Waals surface area contributed by atoms with E-state index in [1.807, 2.05) is 5.43 Å². The van der Waals surface area contributed by atoms with Gasteiger partial charge in [0.2, 0.25) is 0 Å². The molecule has 0 aliphatic heterocycles. The number of benzene rings is 2. The summed E-state index contributed by atoms with van der Waals surface area (Å²) in [5.74, 6) is -2.48. The second-order valence-electron chi connectivity index (χ2n) is 4.98. The molecule has 0 saturated carbocycles. The fraction of sp³-hybridized carbons (Fsp3) is 0.125. The highest BCUT2D eigenvalue weighted by atomic mass is 19.4. The largest absolute Gasteiger partial charge is 0.419 e. The van der Waals surface area contributed by atoms with E-state index in [9.17, 15) is 35.5 Å². The predicted molar refractivity (Wildman–Crippen MR) is 77.9 cm³/mol. The van der Waals surface area contributed by atoms with E-state index >= 15 is 0 Å². The van der Waals surface area contributed by atoms with Crippen LogP contribution in [-0.4, -0.2) is 12.1 Å². The Labute approximate surface area is 142 Å². The molecule has 0 atom stereocenters. The van der Waals surface area contributed by atoms with Gasteiger partial charge in [-0.1, -0.05) is 12.1 Å². The zero-order valence-corrected chi connectivity index (χ0v) is 12.6. The minimum Gasteiger partial charge on any atom is -0.267 e. The average Bonchev–Trinajstić information content (AvgIpc) is 2.54. The third-order valence-corrected chi connectivity index (χ3v) is 3.18. The van der Waals surface area contributed by atoms with E-state index in [1.165, 1.54) is 0 Å². The van der Waals surface area contributed by atoms with Crippen LogP contribution in [0.2, 0.25) is 0 Å². The Hall–Kier alpha value is -2.91. The summed E-state index contributed by atoms with van der Waals surface area (Å²) in [6.07, 6.45) is -8.79. The van der Waals surface area contributed by atoms with Crippen LogP contribution in [0.3, 0.4) is 0 Å². The van der Waals surface area contributed by atoms with E-state index in [-0.39, 0.29) is 5.56 Å². The van der Waals surface area contributed by atoms with Gasteiger partial charge in [-0.3, -0.25) is 4.79 Å². The van der Waals surface area contributed by atoms with Gasteiger partial charge in [0, 0.05) is 11.1 Å². The predicted octanol–water partition coefficient (Wildman–Crippen LogP) is 4.63. The Morgan fingerprint density at radius 3 is 2.08 bits per heavy atom. The minimum atomic E-state index is -4.89. The Morgan fingerprint density at radius 1 is 0.923 bits per heavy atom. The van der Waals surface area contributed by atoms with Crippen LogP contribution in [0.5, 0.6) is 0 Å². The molecule has 0 aromatic heterocycles. The molecule has 26 heavy (non-hydrogen) atoms. The molecule has 0 spiro atoms. The van der Waals surface area contributed by atoms with Gasteiger partial charge < -0.3 is 0 Å². The number of rotatable bonds is 3. The lowest BCUT2D eigenvalue weighted by Crippen LogP contribution is -2.18. The maximum atomic E-state index is 13.7. The lowest BCUT2D eigenvalue weighted by atomic mass is 10.1. The Balaban J connectivity index is 2.10. The normalized spacial score (nSPS) is 12.4. The van der Waals surface area contributed by atoms with Gasteiger partial charge in [0.05, 0.1) is 17.3 Å². The molecular weight excluding hydrogens is 369 g/mol. The number of hydrazone groups is 1. The molecule has 2 aromatic carbocycles. The smallest absolute Gasteiger partial charge is 0.267 e. The first-order chi connectivity index (χ1) is 12.0. The fourth-order valence-corrected chi connectivity index (χ4v) is 1.90. The van der Waals surface area contributed by atoms with Crippen molar-refractivity contribution in [1.82, 2.24) is 5.43 Å². The number of nitrogens with one attached hydrogen (secondary N) is 1. The summed E-state index contributed by atoms with van der Waals surface area (Å²) < 4.78 is 88.8. The molecule has 0 radical (unpaired) electrons. The van der Waals surface area contributed by atoms with Crippen molar-refractivity contribution in [3.63, 3.8) is 0 Å². The number of carbonyl (C=O) groups excluding carboxylic acids is 1. The average molecular weight is 378 g/mol. The second-order valence-corrected chi connectivity index (χ2v) is 4.98. The topological polar surface area (TPSA) is 41.5 Å². The summed E-state index contributed by atoms with van der Waals surface area (Å²) in [4.78, 5) is 11.7. The first-order valence-electron chi connectivity index (χ1n) is 6.86.